The number of anilines is 1. The Morgan fingerprint density at radius 1 is 1.21 bits per heavy atom. The number of nitrogens with one attached hydrogen (secondary N) is 2. The molecule has 0 bridgehead atoms. The monoisotopic (exact) mass is 407 g/mol. The van der Waals surface area contributed by atoms with Crippen molar-refractivity contribution in [2.45, 2.75) is 31.2 Å². The summed E-state index contributed by atoms with van der Waals surface area (Å²) in [4.78, 5) is 17.6. The molecule has 6 heteroatoms. The number of aromatic nitrogens is 1. The number of rotatable bonds is 6. The Labute approximate surface area is 173 Å². The van der Waals surface area contributed by atoms with E-state index < -0.39 is 0 Å². The quantitative estimate of drug-likeness (QED) is 0.415. The van der Waals surface area contributed by atoms with Crippen LogP contribution in [0.5, 0.6) is 0 Å². The van der Waals surface area contributed by atoms with E-state index in [0.717, 1.165) is 27.7 Å². The lowest BCUT2D eigenvalue weighted by Gasteiger charge is -2.08. The number of carbonyl (C=O) groups is 1. The Bertz CT molecular complexity index is 1010. The maximum Gasteiger partial charge on any atom is 0.256 e. The van der Waals surface area contributed by atoms with Crippen molar-refractivity contribution in [3.8, 4) is 0 Å². The van der Waals surface area contributed by atoms with Crippen molar-refractivity contribution in [2.75, 3.05) is 5.32 Å². The second kappa shape index (κ2) is 8.31. The fraction of sp³-hybridized carbons (Fsp3) is 0.182. The molecule has 0 atom stereocenters. The maximum atomic E-state index is 12.3. The molecule has 0 saturated heterocycles. The first-order valence-electron chi connectivity index (χ1n) is 9.15. The lowest BCUT2D eigenvalue weighted by Crippen LogP contribution is -2.03. The Balaban J connectivity index is 1.44. The molecule has 1 aliphatic heterocycles. The van der Waals surface area contributed by atoms with Gasteiger partial charge < -0.3 is 5.32 Å². The second-order valence-corrected chi connectivity index (χ2v) is 8.80. The predicted octanol–water partition coefficient (Wildman–Crippen LogP) is 5.56. The smallest absolute Gasteiger partial charge is 0.256 e. The molecule has 1 amide bonds. The van der Waals surface area contributed by atoms with Gasteiger partial charge in [-0.25, -0.2) is 4.98 Å². The highest BCUT2D eigenvalue weighted by atomic mass is 32.2. The molecule has 0 radical (unpaired) electrons. The van der Waals surface area contributed by atoms with Gasteiger partial charge in [-0.2, -0.15) is 0 Å². The highest BCUT2D eigenvalue weighted by molar-refractivity contribution is 7.97. The van der Waals surface area contributed by atoms with Gasteiger partial charge in [-0.3, -0.25) is 9.52 Å². The Morgan fingerprint density at radius 3 is 2.75 bits per heavy atom. The summed E-state index contributed by atoms with van der Waals surface area (Å²) in [6, 6.07) is 14.7. The zero-order valence-electron chi connectivity index (χ0n) is 15.7. The number of hydrogen-bond acceptors (Lipinski definition) is 5. The normalized spacial score (nSPS) is 14.5. The van der Waals surface area contributed by atoms with Crippen molar-refractivity contribution in [1.29, 1.82) is 0 Å². The molecule has 1 aliphatic rings. The molecule has 1 aromatic heterocycles. The molecule has 3 aromatic rings. The van der Waals surface area contributed by atoms with E-state index in [1.165, 1.54) is 22.5 Å². The van der Waals surface area contributed by atoms with Crippen molar-refractivity contribution in [3.05, 3.63) is 75.7 Å². The van der Waals surface area contributed by atoms with Crippen molar-refractivity contribution in [3.63, 3.8) is 0 Å². The van der Waals surface area contributed by atoms with Crippen LogP contribution in [0.2, 0.25) is 0 Å². The number of thiazole rings is 1. The topological polar surface area (TPSA) is 54.0 Å². The molecule has 4 rings (SSSR count). The molecule has 2 heterocycles. The molecule has 142 valence electrons. The van der Waals surface area contributed by atoms with E-state index in [9.17, 15) is 4.79 Å². The van der Waals surface area contributed by atoms with Gasteiger partial charge in [0.2, 0.25) is 0 Å². The van der Waals surface area contributed by atoms with Crippen LogP contribution in [0.15, 0.2) is 58.9 Å². The summed E-state index contributed by atoms with van der Waals surface area (Å²) in [5.74, 6) is 0.469. The third kappa shape index (κ3) is 4.19. The summed E-state index contributed by atoms with van der Waals surface area (Å²) < 4.78 is 3.41. The minimum Gasteiger partial charge on any atom is -0.321 e. The van der Waals surface area contributed by atoms with Gasteiger partial charge in [-0.15, -0.1) is 11.3 Å². The van der Waals surface area contributed by atoms with Crippen molar-refractivity contribution in [2.24, 2.45) is 0 Å². The third-order valence-electron chi connectivity index (χ3n) is 4.61. The molecule has 0 saturated carbocycles. The number of nitrogens with zero attached hydrogens (tertiary/aromatic N) is 1. The van der Waals surface area contributed by atoms with Crippen LogP contribution >= 0.6 is 23.3 Å². The van der Waals surface area contributed by atoms with Crippen molar-refractivity contribution < 1.29 is 4.79 Å². The van der Waals surface area contributed by atoms with Crippen LogP contribution in [0, 0.1) is 0 Å². The molecule has 0 spiro atoms. The van der Waals surface area contributed by atoms with E-state index in [2.05, 4.69) is 53.1 Å². The minimum atomic E-state index is -0.0782. The molecule has 0 aliphatic carbocycles. The molecular weight excluding hydrogens is 386 g/mol. The molecule has 0 fully saturated rings. The highest BCUT2D eigenvalue weighted by Crippen LogP contribution is 2.35. The lowest BCUT2D eigenvalue weighted by molar-refractivity contribution is -0.110. The first-order chi connectivity index (χ1) is 13.6. The average Bonchev–Trinajstić information content (AvgIpc) is 3.31. The third-order valence-corrected chi connectivity index (χ3v) is 6.11. The van der Waals surface area contributed by atoms with E-state index in [4.69, 9.17) is 0 Å². The van der Waals surface area contributed by atoms with Gasteiger partial charge >= 0.3 is 0 Å². The summed E-state index contributed by atoms with van der Waals surface area (Å²) in [5.41, 5.74) is 5.04. The number of fused-ring (bicyclic) bond motifs is 1. The van der Waals surface area contributed by atoms with Crippen LogP contribution in [0.25, 0.3) is 11.6 Å². The highest BCUT2D eigenvalue weighted by Gasteiger charge is 2.24. The van der Waals surface area contributed by atoms with Gasteiger partial charge in [0, 0.05) is 34.3 Å². The van der Waals surface area contributed by atoms with Gasteiger partial charge in [0.05, 0.1) is 5.57 Å². The number of amides is 1. The van der Waals surface area contributed by atoms with Gasteiger partial charge in [0.15, 0.2) is 0 Å². The first-order valence-corrected chi connectivity index (χ1v) is 10.9. The van der Waals surface area contributed by atoms with E-state index >= 15 is 0 Å². The molecular formula is C22H21N3OS2. The van der Waals surface area contributed by atoms with Crippen molar-refractivity contribution >= 4 is 46.5 Å². The first kappa shape index (κ1) is 18.9. The largest absolute Gasteiger partial charge is 0.321 e. The second-order valence-electron chi connectivity index (χ2n) is 6.91. The van der Waals surface area contributed by atoms with Crippen LogP contribution in [0.1, 0.15) is 41.5 Å². The number of hydrogen-bond donors (Lipinski definition) is 2. The van der Waals surface area contributed by atoms with Crippen LogP contribution in [0.4, 0.5) is 5.69 Å². The van der Waals surface area contributed by atoms with E-state index in [0.29, 0.717) is 11.5 Å². The van der Waals surface area contributed by atoms with E-state index in [1.54, 1.807) is 18.1 Å². The average molecular weight is 408 g/mol. The van der Waals surface area contributed by atoms with Crippen molar-refractivity contribution in [1.82, 2.24) is 9.71 Å². The molecule has 4 nitrogen and oxygen atoms in total. The van der Waals surface area contributed by atoms with Crippen LogP contribution < -0.4 is 10.0 Å². The zero-order chi connectivity index (χ0) is 19.5. The predicted molar refractivity (Wildman–Crippen MR) is 118 cm³/mol. The lowest BCUT2D eigenvalue weighted by atomic mass is 10.0. The fourth-order valence-corrected chi connectivity index (χ4v) is 4.31. The maximum absolute atomic E-state index is 12.3. The summed E-state index contributed by atoms with van der Waals surface area (Å²) >= 11 is 3.09. The fourth-order valence-electron chi connectivity index (χ4n) is 3.03. The van der Waals surface area contributed by atoms with Crippen LogP contribution in [-0.4, -0.2) is 10.9 Å². The van der Waals surface area contributed by atoms with Gasteiger partial charge in [-0.05, 0) is 53.3 Å². The van der Waals surface area contributed by atoms with E-state index in [-0.39, 0.29) is 5.91 Å². The number of benzene rings is 2. The summed E-state index contributed by atoms with van der Waals surface area (Å²) in [6.07, 6.45) is 3.60. The summed E-state index contributed by atoms with van der Waals surface area (Å²) in [7, 11) is 0. The standard InChI is InChI=1S/C22H21N3OS2/c1-14(2)16-5-3-15(4-6-16)13-24-28-17-7-8-20-18(11-17)19(22(26)25-20)12-21-23-9-10-27-21/h3-12,14,24H,13H2,1-2H3,(H,25,26)/b19-12+. The van der Waals surface area contributed by atoms with Crippen LogP contribution in [-0.2, 0) is 11.3 Å². The Kier molecular flexibility index (Phi) is 5.62. The summed E-state index contributed by atoms with van der Waals surface area (Å²) in [5, 5.41) is 5.66. The van der Waals surface area contributed by atoms with E-state index in [1.807, 2.05) is 29.7 Å². The Morgan fingerprint density at radius 2 is 2.04 bits per heavy atom. The zero-order valence-corrected chi connectivity index (χ0v) is 17.4. The Hall–Kier alpha value is -2.41. The molecule has 2 N–H and O–H groups in total. The minimum absolute atomic E-state index is 0.0782. The van der Waals surface area contributed by atoms with Gasteiger partial charge in [0.25, 0.3) is 5.91 Å². The van der Waals surface area contributed by atoms with Gasteiger partial charge in [-0.1, -0.05) is 38.1 Å². The summed E-state index contributed by atoms with van der Waals surface area (Å²) in [6.45, 7) is 5.18. The molecule has 2 aromatic carbocycles. The molecule has 28 heavy (non-hydrogen) atoms. The molecule has 0 unspecified atom stereocenters. The number of carbonyl (C=O) groups excluding carboxylic acids is 1. The van der Waals surface area contributed by atoms with Crippen LogP contribution in [0.3, 0.4) is 0 Å². The SMILES string of the molecule is CC(C)c1ccc(CNSc2ccc3c(c2)/C(=C\c2nccs2)C(=O)N3)cc1. The van der Waals surface area contributed by atoms with Gasteiger partial charge in [0.1, 0.15) is 5.01 Å².